The summed E-state index contributed by atoms with van der Waals surface area (Å²) in [6.45, 7) is 0.259. The molecule has 3 rings (SSSR count). The van der Waals surface area contributed by atoms with Gasteiger partial charge in [0.1, 0.15) is 0 Å². The van der Waals surface area contributed by atoms with E-state index in [0.29, 0.717) is 5.56 Å². The Kier molecular flexibility index (Phi) is 4.38. The Morgan fingerprint density at radius 2 is 1.88 bits per heavy atom. The molecule has 3 aromatic rings. The van der Waals surface area contributed by atoms with Crippen LogP contribution in [0.2, 0.25) is 0 Å². The summed E-state index contributed by atoms with van der Waals surface area (Å²) >= 11 is 0. The van der Waals surface area contributed by atoms with E-state index in [-0.39, 0.29) is 18.0 Å². The molecule has 0 radical (unpaired) electrons. The van der Waals surface area contributed by atoms with Gasteiger partial charge in [0.25, 0.3) is 5.91 Å². The zero-order valence-corrected chi connectivity index (χ0v) is 12.7. The summed E-state index contributed by atoms with van der Waals surface area (Å²) in [6, 6.07) is 13.7. The molecule has 0 atom stereocenters. The predicted molar refractivity (Wildman–Crippen MR) is 88.1 cm³/mol. The number of rotatable bonds is 5. The summed E-state index contributed by atoms with van der Waals surface area (Å²) in [5.74, 6) is -1.21. The van der Waals surface area contributed by atoms with Gasteiger partial charge in [-0.2, -0.15) is 0 Å². The van der Waals surface area contributed by atoms with Crippen LogP contribution in [0.1, 0.15) is 26.3 Å². The van der Waals surface area contributed by atoms with Crippen LogP contribution in [-0.2, 0) is 6.54 Å². The third-order valence-electron chi connectivity index (χ3n) is 3.54. The van der Waals surface area contributed by atoms with Crippen LogP contribution in [-0.4, -0.2) is 26.5 Å². The fraction of sp³-hybridized carbons (Fsp3) is 0.0556. The van der Waals surface area contributed by atoms with Crippen molar-refractivity contribution < 1.29 is 14.7 Å². The molecule has 120 valence electrons. The molecule has 0 aliphatic carbocycles. The standard InChI is InChI=1S/C18H15N3O3/c22-17(20-11-13-3-1-5-15(9-13)18(23)24)14-4-2-6-16(10-14)21-8-7-19-12-21/h1-10,12H,11H2,(H,20,22)(H,23,24). The molecular formula is C18H15N3O3. The lowest BCUT2D eigenvalue weighted by atomic mass is 10.1. The van der Waals surface area contributed by atoms with Gasteiger partial charge in [0.05, 0.1) is 11.9 Å². The number of hydrogen-bond donors (Lipinski definition) is 2. The fourth-order valence-corrected chi connectivity index (χ4v) is 2.32. The third kappa shape index (κ3) is 3.49. The summed E-state index contributed by atoms with van der Waals surface area (Å²) in [5.41, 5.74) is 2.29. The topological polar surface area (TPSA) is 84.2 Å². The Morgan fingerprint density at radius 1 is 1.08 bits per heavy atom. The summed E-state index contributed by atoms with van der Waals surface area (Å²) < 4.78 is 1.81. The predicted octanol–water partition coefficient (Wildman–Crippen LogP) is 2.50. The number of benzene rings is 2. The molecule has 6 nitrogen and oxygen atoms in total. The molecule has 2 aromatic carbocycles. The molecule has 1 aromatic heterocycles. The van der Waals surface area contributed by atoms with E-state index < -0.39 is 5.97 Å². The van der Waals surface area contributed by atoms with E-state index in [1.807, 2.05) is 10.6 Å². The zero-order chi connectivity index (χ0) is 16.9. The van der Waals surface area contributed by atoms with Gasteiger partial charge in [-0.1, -0.05) is 18.2 Å². The first-order valence-electron chi connectivity index (χ1n) is 7.32. The van der Waals surface area contributed by atoms with Gasteiger partial charge in [-0.25, -0.2) is 9.78 Å². The molecule has 0 fully saturated rings. The van der Waals surface area contributed by atoms with Crippen molar-refractivity contribution in [3.05, 3.63) is 83.9 Å². The number of nitrogens with one attached hydrogen (secondary N) is 1. The number of imidazole rings is 1. The van der Waals surface area contributed by atoms with Gasteiger partial charge >= 0.3 is 5.97 Å². The normalized spacial score (nSPS) is 10.3. The second-order valence-electron chi connectivity index (χ2n) is 5.21. The zero-order valence-electron chi connectivity index (χ0n) is 12.7. The maximum atomic E-state index is 12.3. The second kappa shape index (κ2) is 6.78. The minimum atomic E-state index is -0.990. The number of amides is 1. The molecule has 6 heteroatoms. The average Bonchev–Trinajstić information content (AvgIpc) is 3.15. The Morgan fingerprint density at radius 3 is 2.62 bits per heavy atom. The molecule has 24 heavy (non-hydrogen) atoms. The number of hydrogen-bond acceptors (Lipinski definition) is 3. The van der Waals surface area contributed by atoms with E-state index in [1.165, 1.54) is 6.07 Å². The van der Waals surface area contributed by atoms with Crippen molar-refractivity contribution in [1.29, 1.82) is 0 Å². The summed E-state index contributed by atoms with van der Waals surface area (Å²) in [6.07, 6.45) is 5.13. The summed E-state index contributed by atoms with van der Waals surface area (Å²) in [4.78, 5) is 27.3. The molecule has 2 N–H and O–H groups in total. The number of carboxylic acid groups (broad SMARTS) is 1. The van der Waals surface area contributed by atoms with Crippen molar-refractivity contribution >= 4 is 11.9 Å². The molecular weight excluding hydrogens is 306 g/mol. The van der Waals surface area contributed by atoms with Gasteiger partial charge in [-0.15, -0.1) is 0 Å². The van der Waals surface area contributed by atoms with Crippen molar-refractivity contribution in [3.63, 3.8) is 0 Å². The van der Waals surface area contributed by atoms with Gasteiger partial charge in [0.15, 0.2) is 0 Å². The molecule has 0 saturated heterocycles. The van der Waals surface area contributed by atoms with Crippen LogP contribution in [0.5, 0.6) is 0 Å². The molecule has 0 saturated carbocycles. The SMILES string of the molecule is O=C(O)c1cccc(CNC(=O)c2cccc(-n3ccnc3)c2)c1. The number of aromatic nitrogens is 2. The van der Waals surface area contributed by atoms with Gasteiger partial charge in [0.2, 0.25) is 0 Å². The van der Waals surface area contributed by atoms with Crippen molar-refractivity contribution in [3.8, 4) is 5.69 Å². The maximum absolute atomic E-state index is 12.3. The van der Waals surface area contributed by atoms with Crippen molar-refractivity contribution in [2.75, 3.05) is 0 Å². The van der Waals surface area contributed by atoms with Gasteiger partial charge in [-0.3, -0.25) is 4.79 Å². The highest BCUT2D eigenvalue weighted by molar-refractivity contribution is 5.94. The largest absolute Gasteiger partial charge is 0.478 e. The molecule has 0 bridgehead atoms. The lowest BCUT2D eigenvalue weighted by Gasteiger charge is -2.08. The van der Waals surface area contributed by atoms with Crippen LogP contribution in [0, 0.1) is 0 Å². The molecule has 0 aliphatic rings. The van der Waals surface area contributed by atoms with E-state index in [2.05, 4.69) is 10.3 Å². The minimum Gasteiger partial charge on any atom is -0.478 e. The van der Waals surface area contributed by atoms with Crippen molar-refractivity contribution in [2.24, 2.45) is 0 Å². The fourth-order valence-electron chi connectivity index (χ4n) is 2.32. The van der Waals surface area contributed by atoms with Gasteiger partial charge < -0.3 is 15.0 Å². The Labute approximate surface area is 138 Å². The van der Waals surface area contributed by atoms with Crippen LogP contribution in [0.4, 0.5) is 0 Å². The minimum absolute atomic E-state index is 0.198. The van der Waals surface area contributed by atoms with Crippen LogP contribution in [0.15, 0.2) is 67.3 Å². The number of carboxylic acids is 1. The average molecular weight is 321 g/mol. The Bertz CT molecular complexity index is 873. The molecule has 0 spiro atoms. The monoisotopic (exact) mass is 321 g/mol. The van der Waals surface area contributed by atoms with E-state index in [9.17, 15) is 9.59 Å². The highest BCUT2D eigenvalue weighted by Gasteiger charge is 2.08. The van der Waals surface area contributed by atoms with Crippen LogP contribution in [0.3, 0.4) is 0 Å². The molecule has 1 heterocycles. The quantitative estimate of drug-likeness (QED) is 0.756. The van der Waals surface area contributed by atoms with E-state index >= 15 is 0 Å². The van der Waals surface area contributed by atoms with Crippen molar-refractivity contribution in [2.45, 2.75) is 6.54 Å². The number of nitrogens with zero attached hydrogens (tertiary/aromatic N) is 2. The lowest BCUT2D eigenvalue weighted by molar-refractivity contribution is 0.0696. The van der Waals surface area contributed by atoms with Gasteiger partial charge in [-0.05, 0) is 35.9 Å². The second-order valence-corrected chi connectivity index (χ2v) is 5.21. The van der Waals surface area contributed by atoms with Crippen LogP contribution >= 0.6 is 0 Å². The van der Waals surface area contributed by atoms with E-state index in [4.69, 9.17) is 5.11 Å². The lowest BCUT2D eigenvalue weighted by Crippen LogP contribution is -2.23. The molecule has 0 aliphatic heterocycles. The maximum Gasteiger partial charge on any atom is 0.335 e. The Balaban J connectivity index is 1.70. The molecule has 0 unspecified atom stereocenters. The van der Waals surface area contributed by atoms with E-state index in [1.54, 1.807) is 55.1 Å². The highest BCUT2D eigenvalue weighted by Crippen LogP contribution is 2.11. The summed E-state index contributed by atoms with van der Waals surface area (Å²) in [5, 5.41) is 11.8. The first kappa shape index (κ1) is 15.5. The van der Waals surface area contributed by atoms with Crippen LogP contribution in [0.25, 0.3) is 5.69 Å². The first-order valence-corrected chi connectivity index (χ1v) is 7.32. The summed E-state index contributed by atoms with van der Waals surface area (Å²) in [7, 11) is 0. The third-order valence-corrected chi connectivity index (χ3v) is 3.54. The Hall–Kier alpha value is -3.41. The first-order chi connectivity index (χ1) is 11.6. The van der Waals surface area contributed by atoms with Gasteiger partial charge in [0, 0.05) is 30.2 Å². The smallest absolute Gasteiger partial charge is 0.335 e. The van der Waals surface area contributed by atoms with Crippen molar-refractivity contribution in [1.82, 2.24) is 14.9 Å². The van der Waals surface area contributed by atoms with Crippen LogP contribution < -0.4 is 5.32 Å². The molecule has 1 amide bonds. The van der Waals surface area contributed by atoms with E-state index in [0.717, 1.165) is 11.3 Å². The number of aromatic carboxylic acids is 1. The number of carbonyl (C=O) groups is 2. The number of carbonyl (C=O) groups excluding carboxylic acids is 1. The highest BCUT2D eigenvalue weighted by atomic mass is 16.4.